The van der Waals surface area contributed by atoms with Gasteiger partial charge in [0.1, 0.15) is 0 Å². The molecule has 0 N–H and O–H groups in total. The molecule has 0 bridgehead atoms. The van der Waals surface area contributed by atoms with Crippen LogP contribution >= 0.6 is 0 Å². The maximum atomic E-state index is 11.3. The van der Waals surface area contributed by atoms with Crippen LogP contribution in [0.4, 0.5) is 4.79 Å². The molecule has 0 aliphatic heterocycles. The molecule has 0 aliphatic carbocycles. The molecule has 0 heterocycles. The molecule has 1 rings (SSSR count). The lowest BCUT2D eigenvalue weighted by Gasteiger charge is -2.15. The third-order valence-corrected chi connectivity index (χ3v) is 2.63. The minimum atomic E-state index is -0.229. The fraction of sp³-hybridized carbons (Fsp3) is 0.500. The summed E-state index contributed by atoms with van der Waals surface area (Å²) in [5, 5.41) is 0. The second kappa shape index (κ2) is 7.71. The van der Waals surface area contributed by atoms with Gasteiger partial charge in [0.15, 0.2) is 0 Å². The number of carbonyl (C=O) groups excluding carboxylic acids is 1. The highest BCUT2D eigenvalue weighted by Crippen LogP contribution is 2.05. The molecule has 0 saturated heterocycles. The van der Waals surface area contributed by atoms with E-state index >= 15 is 0 Å². The van der Waals surface area contributed by atoms with Crippen molar-refractivity contribution in [3.8, 4) is 0 Å². The zero-order valence-electron chi connectivity index (χ0n) is 10.7. The van der Waals surface area contributed by atoms with Crippen molar-refractivity contribution in [3.05, 3.63) is 35.9 Å². The van der Waals surface area contributed by atoms with Crippen molar-refractivity contribution in [1.82, 2.24) is 4.90 Å². The SMILES string of the molecule is CCOC(=O)N(C)CCCCc1ccccc1. The molecular formula is C14H21NO2. The van der Waals surface area contributed by atoms with Gasteiger partial charge >= 0.3 is 6.09 Å². The van der Waals surface area contributed by atoms with Crippen molar-refractivity contribution in [3.63, 3.8) is 0 Å². The van der Waals surface area contributed by atoms with Gasteiger partial charge in [-0.15, -0.1) is 0 Å². The van der Waals surface area contributed by atoms with Crippen LogP contribution in [-0.4, -0.2) is 31.2 Å². The predicted molar refractivity (Wildman–Crippen MR) is 69.0 cm³/mol. The number of aryl methyl sites for hydroxylation is 1. The van der Waals surface area contributed by atoms with Gasteiger partial charge in [-0.05, 0) is 31.7 Å². The Balaban J connectivity index is 2.14. The summed E-state index contributed by atoms with van der Waals surface area (Å²) in [6, 6.07) is 10.4. The Morgan fingerprint density at radius 3 is 2.59 bits per heavy atom. The number of rotatable bonds is 6. The molecule has 0 fully saturated rings. The van der Waals surface area contributed by atoms with Crippen LogP contribution in [0, 0.1) is 0 Å². The largest absolute Gasteiger partial charge is 0.450 e. The second-order valence-electron chi connectivity index (χ2n) is 4.06. The smallest absolute Gasteiger partial charge is 0.409 e. The summed E-state index contributed by atoms with van der Waals surface area (Å²) in [4.78, 5) is 12.9. The van der Waals surface area contributed by atoms with Crippen LogP contribution in [0.3, 0.4) is 0 Å². The summed E-state index contributed by atoms with van der Waals surface area (Å²) in [7, 11) is 1.78. The summed E-state index contributed by atoms with van der Waals surface area (Å²) in [5.41, 5.74) is 1.35. The molecule has 0 aromatic heterocycles. The molecule has 3 nitrogen and oxygen atoms in total. The Kier molecular flexibility index (Phi) is 6.15. The van der Waals surface area contributed by atoms with E-state index in [1.54, 1.807) is 11.9 Å². The second-order valence-corrected chi connectivity index (χ2v) is 4.06. The Morgan fingerprint density at radius 2 is 1.94 bits per heavy atom. The first-order valence-electron chi connectivity index (χ1n) is 6.16. The van der Waals surface area contributed by atoms with E-state index in [0.717, 1.165) is 25.8 Å². The fourth-order valence-electron chi connectivity index (χ4n) is 1.65. The topological polar surface area (TPSA) is 29.5 Å². The van der Waals surface area contributed by atoms with Crippen LogP contribution in [0.2, 0.25) is 0 Å². The molecule has 1 amide bonds. The van der Waals surface area contributed by atoms with Crippen molar-refractivity contribution >= 4 is 6.09 Å². The van der Waals surface area contributed by atoms with Gasteiger partial charge in [0.25, 0.3) is 0 Å². The van der Waals surface area contributed by atoms with E-state index in [2.05, 4.69) is 24.3 Å². The standard InChI is InChI=1S/C14H21NO2/c1-3-17-14(16)15(2)12-8-7-11-13-9-5-4-6-10-13/h4-6,9-10H,3,7-8,11-12H2,1-2H3. The first-order valence-corrected chi connectivity index (χ1v) is 6.16. The fourth-order valence-corrected chi connectivity index (χ4v) is 1.65. The van der Waals surface area contributed by atoms with Gasteiger partial charge < -0.3 is 9.64 Å². The molecule has 0 spiro atoms. The lowest BCUT2D eigenvalue weighted by molar-refractivity contribution is 0.115. The number of amides is 1. The van der Waals surface area contributed by atoms with Gasteiger partial charge in [0.05, 0.1) is 6.61 Å². The number of hydrogen-bond donors (Lipinski definition) is 0. The van der Waals surface area contributed by atoms with Crippen molar-refractivity contribution in [2.45, 2.75) is 26.2 Å². The monoisotopic (exact) mass is 235 g/mol. The first kappa shape index (κ1) is 13.6. The third kappa shape index (κ3) is 5.38. The zero-order chi connectivity index (χ0) is 12.5. The molecule has 0 unspecified atom stereocenters. The van der Waals surface area contributed by atoms with E-state index in [9.17, 15) is 4.79 Å². The molecule has 94 valence electrons. The van der Waals surface area contributed by atoms with Crippen molar-refractivity contribution in [2.24, 2.45) is 0 Å². The molecule has 17 heavy (non-hydrogen) atoms. The van der Waals surface area contributed by atoms with Gasteiger partial charge in [0.2, 0.25) is 0 Å². The molecular weight excluding hydrogens is 214 g/mol. The van der Waals surface area contributed by atoms with Crippen LogP contribution in [0.15, 0.2) is 30.3 Å². The minimum Gasteiger partial charge on any atom is -0.450 e. The minimum absolute atomic E-state index is 0.229. The van der Waals surface area contributed by atoms with Crippen LogP contribution in [-0.2, 0) is 11.2 Å². The summed E-state index contributed by atoms with van der Waals surface area (Å²) in [6.45, 7) is 3.01. The van der Waals surface area contributed by atoms with Crippen LogP contribution in [0.1, 0.15) is 25.3 Å². The number of nitrogens with zero attached hydrogens (tertiary/aromatic N) is 1. The summed E-state index contributed by atoms with van der Waals surface area (Å²) in [6.07, 6.45) is 2.93. The summed E-state index contributed by atoms with van der Waals surface area (Å²) in [5.74, 6) is 0. The van der Waals surface area contributed by atoms with E-state index in [1.165, 1.54) is 5.56 Å². The Bertz CT molecular complexity index is 324. The summed E-state index contributed by atoms with van der Waals surface area (Å²) >= 11 is 0. The van der Waals surface area contributed by atoms with Crippen molar-refractivity contribution in [2.75, 3.05) is 20.2 Å². The lowest BCUT2D eigenvalue weighted by Crippen LogP contribution is -2.28. The Labute approximate surface area is 103 Å². The van der Waals surface area contributed by atoms with Crippen molar-refractivity contribution in [1.29, 1.82) is 0 Å². The average Bonchev–Trinajstić information content (AvgIpc) is 2.36. The first-order chi connectivity index (χ1) is 8.24. The van der Waals surface area contributed by atoms with Gasteiger partial charge in [0, 0.05) is 13.6 Å². The molecule has 1 aromatic carbocycles. The van der Waals surface area contributed by atoms with Crippen molar-refractivity contribution < 1.29 is 9.53 Å². The molecule has 0 radical (unpaired) electrons. The van der Waals surface area contributed by atoms with Gasteiger partial charge in [-0.3, -0.25) is 0 Å². The Morgan fingerprint density at radius 1 is 1.24 bits per heavy atom. The third-order valence-electron chi connectivity index (χ3n) is 2.63. The van der Waals surface area contributed by atoms with Crippen LogP contribution < -0.4 is 0 Å². The predicted octanol–water partition coefficient (Wildman–Crippen LogP) is 3.10. The molecule has 3 heteroatoms. The quantitative estimate of drug-likeness (QED) is 0.709. The zero-order valence-corrected chi connectivity index (χ0v) is 10.7. The number of hydrogen-bond acceptors (Lipinski definition) is 2. The van der Waals surface area contributed by atoms with Gasteiger partial charge in [-0.25, -0.2) is 4.79 Å². The highest BCUT2D eigenvalue weighted by atomic mass is 16.5. The van der Waals surface area contributed by atoms with Crippen LogP contribution in [0.25, 0.3) is 0 Å². The van der Waals surface area contributed by atoms with Gasteiger partial charge in [-0.1, -0.05) is 30.3 Å². The van der Waals surface area contributed by atoms with E-state index < -0.39 is 0 Å². The number of benzene rings is 1. The van der Waals surface area contributed by atoms with E-state index in [1.807, 2.05) is 13.0 Å². The lowest BCUT2D eigenvalue weighted by atomic mass is 10.1. The van der Waals surface area contributed by atoms with Gasteiger partial charge in [-0.2, -0.15) is 0 Å². The maximum absolute atomic E-state index is 11.3. The summed E-state index contributed by atoms with van der Waals surface area (Å²) < 4.78 is 4.91. The Hall–Kier alpha value is -1.51. The van der Waals surface area contributed by atoms with E-state index in [-0.39, 0.29) is 6.09 Å². The number of ether oxygens (including phenoxy) is 1. The average molecular weight is 235 g/mol. The van der Waals surface area contributed by atoms with E-state index in [0.29, 0.717) is 6.61 Å². The highest BCUT2D eigenvalue weighted by molar-refractivity contribution is 5.67. The number of unbranched alkanes of at least 4 members (excludes halogenated alkanes) is 1. The normalized spacial score (nSPS) is 10.0. The molecule has 0 atom stereocenters. The molecule has 0 aliphatic rings. The highest BCUT2D eigenvalue weighted by Gasteiger charge is 2.07. The maximum Gasteiger partial charge on any atom is 0.409 e. The molecule has 0 saturated carbocycles. The van der Waals surface area contributed by atoms with E-state index in [4.69, 9.17) is 4.74 Å². The number of carbonyl (C=O) groups is 1. The molecule has 1 aromatic rings. The van der Waals surface area contributed by atoms with Crippen LogP contribution in [0.5, 0.6) is 0 Å².